The molecule has 0 amide bonds. The number of aromatic nitrogens is 1. The van der Waals surface area contributed by atoms with Crippen molar-refractivity contribution >= 4 is 28.5 Å². The van der Waals surface area contributed by atoms with E-state index in [1.165, 1.54) is 7.11 Å². The minimum atomic E-state index is -1.19. The molecule has 0 bridgehead atoms. The highest BCUT2D eigenvalue weighted by atomic mass is 35.5. The van der Waals surface area contributed by atoms with Crippen LogP contribution in [0.4, 0.5) is 0 Å². The van der Waals surface area contributed by atoms with E-state index in [9.17, 15) is 4.79 Å². The van der Waals surface area contributed by atoms with Crippen LogP contribution in [0.15, 0.2) is 16.7 Å². The Kier molecular flexibility index (Phi) is 2.24. The fraction of sp³-hybridized carbons (Fsp3) is 0.111. The number of carbonyl (C=O) groups is 1. The Bertz CT molecular complexity index is 534. The quantitative estimate of drug-likeness (QED) is 0.851. The number of nitrogens with zero attached hydrogens (tertiary/aromatic N) is 1. The molecular weight excluding hydrogens is 222 g/mol. The van der Waals surface area contributed by atoms with Gasteiger partial charge in [-0.2, -0.15) is 0 Å². The molecule has 15 heavy (non-hydrogen) atoms. The van der Waals surface area contributed by atoms with Crippen LogP contribution in [0.1, 0.15) is 10.5 Å². The van der Waals surface area contributed by atoms with Gasteiger partial charge < -0.3 is 14.4 Å². The third-order valence-corrected chi connectivity index (χ3v) is 2.26. The number of halogens is 1. The fourth-order valence-corrected chi connectivity index (χ4v) is 1.50. The summed E-state index contributed by atoms with van der Waals surface area (Å²) >= 11 is 5.82. The van der Waals surface area contributed by atoms with Crippen molar-refractivity contribution < 1.29 is 19.2 Å². The lowest BCUT2D eigenvalue weighted by atomic mass is 10.2. The number of benzene rings is 1. The van der Waals surface area contributed by atoms with Crippen molar-refractivity contribution in [2.24, 2.45) is 0 Å². The molecule has 2 aromatic rings. The topological polar surface area (TPSA) is 72.6 Å². The van der Waals surface area contributed by atoms with Crippen LogP contribution in [0.5, 0.6) is 5.75 Å². The summed E-state index contributed by atoms with van der Waals surface area (Å²) in [5.41, 5.74) is 0.0118. The first-order chi connectivity index (χ1) is 7.15. The molecule has 0 aliphatic rings. The molecule has 2 rings (SSSR count). The van der Waals surface area contributed by atoms with Gasteiger partial charge in [-0.1, -0.05) is 16.8 Å². The van der Waals surface area contributed by atoms with Crippen LogP contribution < -0.4 is 4.74 Å². The Morgan fingerprint density at radius 1 is 1.60 bits per heavy atom. The van der Waals surface area contributed by atoms with Crippen molar-refractivity contribution in [3.63, 3.8) is 0 Å². The van der Waals surface area contributed by atoms with Crippen LogP contribution in [0.3, 0.4) is 0 Å². The molecule has 1 N–H and O–H groups in total. The average molecular weight is 228 g/mol. The number of fused-ring (bicyclic) bond motifs is 1. The highest BCUT2D eigenvalue weighted by Crippen LogP contribution is 2.33. The molecule has 5 nitrogen and oxygen atoms in total. The highest BCUT2D eigenvalue weighted by Gasteiger charge is 2.20. The van der Waals surface area contributed by atoms with Crippen LogP contribution in [0, 0.1) is 0 Å². The first-order valence-electron chi connectivity index (χ1n) is 4.00. The summed E-state index contributed by atoms with van der Waals surface area (Å²) in [4.78, 5) is 10.8. The van der Waals surface area contributed by atoms with Gasteiger partial charge in [0.25, 0.3) is 0 Å². The number of ether oxygens (including phenoxy) is 1. The molecule has 0 fully saturated rings. The van der Waals surface area contributed by atoms with E-state index in [1.807, 2.05) is 0 Å². The molecule has 0 aliphatic carbocycles. The van der Waals surface area contributed by atoms with Crippen LogP contribution >= 0.6 is 11.6 Å². The van der Waals surface area contributed by atoms with E-state index in [1.54, 1.807) is 12.1 Å². The van der Waals surface area contributed by atoms with Crippen molar-refractivity contribution in [2.75, 3.05) is 7.11 Å². The number of hydrogen-bond acceptors (Lipinski definition) is 4. The molecule has 0 unspecified atom stereocenters. The molecular formula is C9H6ClNO4. The monoisotopic (exact) mass is 227 g/mol. The van der Waals surface area contributed by atoms with Crippen LogP contribution in [-0.4, -0.2) is 23.3 Å². The van der Waals surface area contributed by atoms with Gasteiger partial charge in [-0.3, -0.25) is 0 Å². The van der Waals surface area contributed by atoms with E-state index >= 15 is 0 Å². The Morgan fingerprint density at radius 3 is 2.93 bits per heavy atom. The molecule has 0 aliphatic heterocycles. The summed E-state index contributed by atoms with van der Waals surface area (Å²) in [6.45, 7) is 0. The standard InChI is InChI=1S/C9H6ClNO4/c1-14-5-3-2-4(10)8-6(5)7(9(12)13)11-15-8/h2-3H,1H3,(H,12,13). The van der Waals surface area contributed by atoms with E-state index in [0.717, 1.165) is 0 Å². The minimum absolute atomic E-state index is 0.204. The molecule has 0 saturated carbocycles. The van der Waals surface area contributed by atoms with Gasteiger partial charge in [0.05, 0.1) is 12.1 Å². The second kappa shape index (κ2) is 3.43. The van der Waals surface area contributed by atoms with Gasteiger partial charge in [-0.05, 0) is 12.1 Å². The second-order valence-corrected chi connectivity index (χ2v) is 3.20. The number of hydrogen-bond donors (Lipinski definition) is 1. The predicted octanol–water partition coefficient (Wildman–Crippen LogP) is 2.19. The van der Waals surface area contributed by atoms with Crippen LogP contribution in [-0.2, 0) is 0 Å². The summed E-state index contributed by atoms with van der Waals surface area (Å²) in [5, 5.41) is 12.9. The molecule has 0 radical (unpaired) electrons. The normalized spacial score (nSPS) is 10.5. The lowest BCUT2D eigenvalue weighted by molar-refractivity contribution is 0.0687. The molecule has 78 valence electrons. The second-order valence-electron chi connectivity index (χ2n) is 2.79. The maximum absolute atomic E-state index is 10.8. The third-order valence-electron chi connectivity index (χ3n) is 1.96. The van der Waals surface area contributed by atoms with Crippen molar-refractivity contribution in [3.8, 4) is 5.75 Å². The van der Waals surface area contributed by atoms with Gasteiger partial charge in [-0.25, -0.2) is 4.79 Å². The maximum Gasteiger partial charge on any atom is 0.358 e. The van der Waals surface area contributed by atoms with Crippen molar-refractivity contribution in [2.45, 2.75) is 0 Å². The Hall–Kier alpha value is -1.75. The van der Waals surface area contributed by atoms with Gasteiger partial charge >= 0.3 is 5.97 Å². The van der Waals surface area contributed by atoms with Gasteiger partial charge in [0.2, 0.25) is 5.69 Å². The Morgan fingerprint density at radius 2 is 2.33 bits per heavy atom. The first kappa shape index (κ1) is 9.79. The van der Waals surface area contributed by atoms with Crippen molar-refractivity contribution in [3.05, 3.63) is 22.8 Å². The largest absolute Gasteiger partial charge is 0.496 e. The summed E-state index contributed by atoms with van der Waals surface area (Å²) in [6.07, 6.45) is 0. The molecule has 1 heterocycles. The number of carboxylic acids is 1. The summed E-state index contributed by atoms with van der Waals surface area (Å²) < 4.78 is 9.85. The molecule has 1 aromatic heterocycles. The zero-order valence-electron chi connectivity index (χ0n) is 7.65. The van der Waals surface area contributed by atoms with Crippen molar-refractivity contribution in [1.29, 1.82) is 0 Å². The minimum Gasteiger partial charge on any atom is -0.496 e. The number of aromatic carboxylic acids is 1. The lowest BCUT2D eigenvalue weighted by Gasteiger charge is -2.00. The average Bonchev–Trinajstić information content (AvgIpc) is 2.64. The SMILES string of the molecule is COc1ccc(Cl)c2onc(C(=O)O)c12. The molecule has 0 atom stereocenters. The zero-order chi connectivity index (χ0) is 11.0. The van der Waals surface area contributed by atoms with Gasteiger partial charge in [0.1, 0.15) is 11.1 Å². The third kappa shape index (κ3) is 1.41. The predicted molar refractivity (Wildman–Crippen MR) is 52.5 cm³/mol. The Labute approximate surface area is 89.2 Å². The maximum atomic E-state index is 10.8. The molecule has 0 spiro atoms. The smallest absolute Gasteiger partial charge is 0.358 e. The molecule has 6 heteroatoms. The van der Waals surface area contributed by atoms with Crippen LogP contribution in [0.2, 0.25) is 5.02 Å². The lowest BCUT2D eigenvalue weighted by Crippen LogP contribution is -1.97. The number of carboxylic acid groups (broad SMARTS) is 1. The first-order valence-corrected chi connectivity index (χ1v) is 4.38. The van der Waals surface area contributed by atoms with Gasteiger partial charge in [-0.15, -0.1) is 0 Å². The zero-order valence-corrected chi connectivity index (χ0v) is 8.41. The van der Waals surface area contributed by atoms with Crippen molar-refractivity contribution in [1.82, 2.24) is 5.16 Å². The van der Waals surface area contributed by atoms with E-state index in [4.69, 9.17) is 26.0 Å². The molecule has 1 aromatic carbocycles. The van der Waals surface area contributed by atoms with E-state index in [0.29, 0.717) is 10.8 Å². The summed E-state index contributed by atoms with van der Waals surface area (Å²) in [6, 6.07) is 3.12. The fourth-order valence-electron chi connectivity index (χ4n) is 1.31. The summed E-state index contributed by atoms with van der Waals surface area (Å²) in [7, 11) is 1.43. The number of methoxy groups -OCH3 is 1. The van der Waals surface area contributed by atoms with Crippen LogP contribution in [0.25, 0.3) is 11.0 Å². The van der Waals surface area contributed by atoms with Gasteiger partial charge in [0, 0.05) is 0 Å². The highest BCUT2D eigenvalue weighted by molar-refractivity contribution is 6.35. The Balaban J connectivity index is 2.86. The summed E-state index contributed by atoms with van der Waals surface area (Å²) in [5.74, 6) is -0.817. The van der Waals surface area contributed by atoms with Gasteiger partial charge in [0.15, 0.2) is 5.58 Å². The molecule has 0 saturated heterocycles. The van der Waals surface area contributed by atoms with E-state index in [-0.39, 0.29) is 16.7 Å². The van der Waals surface area contributed by atoms with E-state index in [2.05, 4.69) is 5.16 Å². The number of rotatable bonds is 2. The van der Waals surface area contributed by atoms with E-state index < -0.39 is 5.97 Å².